The number of amides is 2. The van der Waals surface area contributed by atoms with Gasteiger partial charge >= 0.3 is 6.03 Å². The number of urea groups is 1. The molecule has 2 N–H and O–H groups in total. The molecule has 7 nitrogen and oxygen atoms in total. The zero-order valence-electron chi connectivity index (χ0n) is 12.4. The average molecular weight is 284 g/mol. The van der Waals surface area contributed by atoms with Crippen LogP contribution in [0.25, 0.3) is 0 Å². The Morgan fingerprint density at radius 2 is 2.00 bits per heavy atom. The van der Waals surface area contributed by atoms with Gasteiger partial charge < -0.3 is 14.8 Å². The highest BCUT2D eigenvalue weighted by Gasteiger charge is 2.00. The predicted molar refractivity (Wildman–Crippen MR) is 77.7 cm³/mol. The van der Waals surface area contributed by atoms with E-state index in [1.165, 1.54) is 6.33 Å². The Hall–Kier alpha value is -1.73. The van der Waals surface area contributed by atoms with E-state index in [-0.39, 0.29) is 6.03 Å². The molecule has 7 heteroatoms. The van der Waals surface area contributed by atoms with Crippen molar-refractivity contribution in [3.63, 3.8) is 0 Å². The standard InChI is InChI=1S/C11H18N4O3.C2H6/c1-2-17-7-8-18-6-5-13-11(16)15-10-3-4-12-9-14-10;1-2/h3-4,9H,2,5-8H2,1H3,(H2,12,13,14,15,16);1-2H3. The Balaban J connectivity index is 0.00000172. The van der Waals surface area contributed by atoms with E-state index in [0.717, 1.165) is 0 Å². The number of aromatic nitrogens is 2. The van der Waals surface area contributed by atoms with Gasteiger partial charge in [0, 0.05) is 19.3 Å². The highest BCUT2D eigenvalue weighted by atomic mass is 16.5. The zero-order chi connectivity index (χ0) is 15.1. The van der Waals surface area contributed by atoms with Gasteiger partial charge in [0.25, 0.3) is 0 Å². The number of ether oxygens (including phenoxy) is 2. The van der Waals surface area contributed by atoms with Crippen LogP contribution in [0.15, 0.2) is 18.6 Å². The number of carbonyl (C=O) groups is 1. The van der Waals surface area contributed by atoms with E-state index >= 15 is 0 Å². The largest absolute Gasteiger partial charge is 0.379 e. The maximum atomic E-state index is 11.4. The molecule has 2 amide bonds. The SMILES string of the molecule is CC.CCOCCOCCNC(=O)Nc1ccncn1. The van der Waals surface area contributed by atoms with Gasteiger partial charge in [-0.2, -0.15) is 0 Å². The van der Waals surface area contributed by atoms with Gasteiger partial charge in [-0.05, 0) is 13.0 Å². The molecule has 0 unspecified atom stereocenters. The Labute approximate surface area is 120 Å². The first-order valence-electron chi connectivity index (χ1n) is 6.79. The molecule has 0 fully saturated rings. The predicted octanol–water partition coefficient (Wildman–Crippen LogP) is 1.68. The molecular weight excluding hydrogens is 260 g/mol. The second kappa shape index (κ2) is 13.7. The van der Waals surface area contributed by atoms with E-state index in [4.69, 9.17) is 9.47 Å². The zero-order valence-corrected chi connectivity index (χ0v) is 12.4. The number of hydrogen-bond donors (Lipinski definition) is 2. The molecule has 0 aliphatic rings. The van der Waals surface area contributed by atoms with Crippen molar-refractivity contribution in [3.05, 3.63) is 18.6 Å². The Morgan fingerprint density at radius 3 is 2.65 bits per heavy atom. The summed E-state index contributed by atoms with van der Waals surface area (Å²) in [6.07, 6.45) is 2.92. The summed E-state index contributed by atoms with van der Waals surface area (Å²) >= 11 is 0. The summed E-state index contributed by atoms with van der Waals surface area (Å²) in [5.41, 5.74) is 0. The number of nitrogens with one attached hydrogen (secondary N) is 2. The summed E-state index contributed by atoms with van der Waals surface area (Å²) in [5, 5.41) is 5.22. The second-order valence-electron chi connectivity index (χ2n) is 3.28. The normalized spacial score (nSPS) is 9.35. The molecule has 0 spiro atoms. The van der Waals surface area contributed by atoms with E-state index in [2.05, 4.69) is 20.6 Å². The fourth-order valence-corrected chi connectivity index (χ4v) is 1.13. The van der Waals surface area contributed by atoms with Crippen molar-refractivity contribution in [1.82, 2.24) is 15.3 Å². The Kier molecular flexibility index (Phi) is 12.5. The van der Waals surface area contributed by atoms with Gasteiger partial charge in [0.05, 0.1) is 19.8 Å². The van der Waals surface area contributed by atoms with Crippen molar-refractivity contribution in [2.45, 2.75) is 20.8 Å². The summed E-state index contributed by atoms with van der Waals surface area (Å²) in [6, 6.07) is 1.29. The molecule has 20 heavy (non-hydrogen) atoms. The lowest BCUT2D eigenvalue weighted by atomic mass is 10.6. The molecule has 1 rings (SSSR count). The first-order chi connectivity index (χ1) is 9.83. The number of nitrogens with zero attached hydrogens (tertiary/aromatic N) is 2. The van der Waals surface area contributed by atoms with Gasteiger partial charge in [-0.15, -0.1) is 0 Å². The highest BCUT2D eigenvalue weighted by Crippen LogP contribution is 1.96. The second-order valence-corrected chi connectivity index (χ2v) is 3.28. The average Bonchev–Trinajstić information content (AvgIpc) is 2.49. The third-order valence-electron chi connectivity index (χ3n) is 1.93. The van der Waals surface area contributed by atoms with Gasteiger partial charge in [0.15, 0.2) is 0 Å². The highest BCUT2D eigenvalue weighted by molar-refractivity contribution is 5.87. The maximum absolute atomic E-state index is 11.4. The van der Waals surface area contributed by atoms with Crippen molar-refractivity contribution in [3.8, 4) is 0 Å². The van der Waals surface area contributed by atoms with Crippen LogP contribution in [0, 0.1) is 0 Å². The molecule has 0 saturated heterocycles. The number of anilines is 1. The number of hydrogen-bond acceptors (Lipinski definition) is 5. The van der Waals surface area contributed by atoms with Crippen LogP contribution < -0.4 is 10.6 Å². The number of rotatable bonds is 8. The molecule has 0 aliphatic heterocycles. The lowest BCUT2D eigenvalue weighted by molar-refractivity contribution is 0.0547. The van der Waals surface area contributed by atoms with Crippen LogP contribution in [0.5, 0.6) is 0 Å². The number of carbonyl (C=O) groups excluding carboxylic acids is 1. The molecule has 1 aromatic heterocycles. The topological polar surface area (TPSA) is 85.4 Å². The molecule has 0 radical (unpaired) electrons. The summed E-state index contributed by atoms with van der Waals surface area (Å²) in [5.74, 6) is 0.458. The van der Waals surface area contributed by atoms with Crippen LogP contribution in [0.4, 0.5) is 10.6 Å². The summed E-state index contributed by atoms with van der Waals surface area (Å²) in [4.78, 5) is 19.0. The Bertz CT molecular complexity index is 336. The lowest BCUT2D eigenvalue weighted by Crippen LogP contribution is -2.32. The third kappa shape index (κ3) is 10.2. The first-order valence-corrected chi connectivity index (χ1v) is 6.79. The van der Waals surface area contributed by atoms with E-state index in [1.807, 2.05) is 20.8 Å². The Morgan fingerprint density at radius 1 is 1.25 bits per heavy atom. The molecular formula is C13H24N4O3. The van der Waals surface area contributed by atoms with Crippen LogP contribution in [0.2, 0.25) is 0 Å². The smallest absolute Gasteiger partial charge is 0.320 e. The van der Waals surface area contributed by atoms with Gasteiger partial charge in [-0.1, -0.05) is 13.8 Å². The molecule has 0 saturated carbocycles. The van der Waals surface area contributed by atoms with Crippen LogP contribution in [0.3, 0.4) is 0 Å². The molecule has 0 aromatic carbocycles. The first kappa shape index (κ1) is 18.3. The summed E-state index contributed by atoms with van der Waals surface area (Å²) in [7, 11) is 0. The van der Waals surface area contributed by atoms with Crippen molar-refractivity contribution in [1.29, 1.82) is 0 Å². The summed E-state index contributed by atoms with van der Waals surface area (Å²) in [6.45, 7) is 8.60. The van der Waals surface area contributed by atoms with Gasteiger partial charge in [-0.3, -0.25) is 5.32 Å². The van der Waals surface area contributed by atoms with Crippen LogP contribution in [-0.4, -0.2) is 49.0 Å². The van der Waals surface area contributed by atoms with Crippen molar-refractivity contribution >= 4 is 11.8 Å². The van der Waals surface area contributed by atoms with Gasteiger partial charge in [0.2, 0.25) is 0 Å². The third-order valence-corrected chi connectivity index (χ3v) is 1.93. The molecule has 1 heterocycles. The minimum Gasteiger partial charge on any atom is -0.379 e. The fourth-order valence-electron chi connectivity index (χ4n) is 1.13. The van der Waals surface area contributed by atoms with E-state index < -0.39 is 0 Å². The molecule has 0 atom stereocenters. The van der Waals surface area contributed by atoms with Crippen molar-refractivity contribution in [2.24, 2.45) is 0 Å². The van der Waals surface area contributed by atoms with Crippen LogP contribution in [-0.2, 0) is 9.47 Å². The summed E-state index contributed by atoms with van der Waals surface area (Å²) < 4.78 is 10.3. The lowest BCUT2D eigenvalue weighted by Gasteiger charge is -2.07. The minimum absolute atomic E-state index is 0.317. The quantitative estimate of drug-likeness (QED) is 0.709. The molecule has 0 bridgehead atoms. The van der Waals surface area contributed by atoms with Crippen LogP contribution >= 0.6 is 0 Å². The molecule has 0 aliphatic carbocycles. The van der Waals surface area contributed by atoms with Gasteiger partial charge in [0.1, 0.15) is 12.1 Å². The fraction of sp³-hybridized carbons (Fsp3) is 0.615. The van der Waals surface area contributed by atoms with Crippen LogP contribution in [0.1, 0.15) is 20.8 Å². The minimum atomic E-state index is -0.317. The van der Waals surface area contributed by atoms with Gasteiger partial charge in [-0.25, -0.2) is 14.8 Å². The monoisotopic (exact) mass is 284 g/mol. The van der Waals surface area contributed by atoms with Crippen molar-refractivity contribution in [2.75, 3.05) is 38.3 Å². The molecule has 1 aromatic rings. The van der Waals surface area contributed by atoms with E-state index in [9.17, 15) is 4.79 Å². The van der Waals surface area contributed by atoms with Crippen molar-refractivity contribution < 1.29 is 14.3 Å². The maximum Gasteiger partial charge on any atom is 0.320 e. The molecule has 114 valence electrons. The van der Waals surface area contributed by atoms with E-state index in [0.29, 0.717) is 38.8 Å². The van der Waals surface area contributed by atoms with E-state index in [1.54, 1.807) is 12.3 Å².